The lowest BCUT2D eigenvalue weighted by Gasteiger charge is -2.04. The van der Waals surface area contributed by atoms with Gasteiger partial charge in [-0.2, -0.15) is 0 Å². The van der Waals surface area contributed by atoms with Crippen molar-refractivity contribution in [3.63, 3.8) is 0 Å². The van der Waals surface area contributed by atoms with E-state index in [0.29, 0.717) is 5.69 Å². The lowest BCUT2D eigenvalue weighted by molar-refractivity contribution is 0.321. The Labute approximate surface area is 93.1 Å². The van der Waals surface area contributed by atoms with Crippen LogP contribution in [0, 0.1) is 0 Å². The Morgan fingerprint density at radius 3 is 2.47 bits per heavy atom. The van der Waals surface area contributed by atoms with Crippen molar-refractivity contribution < 1.29 is 5.21 Å². The quantitative estimate of drug-likeness (QED) is 0.342. The standard InChI is InChI=1S/C6H6N2O.C5H10Si/c9-8-5-6-3-1-2-4-7-6;1-2-4-6-5-3-1/h1-5,9H;1-5H2. The van der Waals surface area contributed by atoms with Gasteiger partial charge in [0.1, 0.15) is 0 Å². The Morgan fingerprint density at radius 2 is 2.07 bits per heavy atom. The molecule has 1 aliphatic heterocycles. The molecule has 1 aromatic rings. The van der Waals surface area contributed by atoms with Crippen LogP contribution in [0.25, 0.3) is 0 Å². The van der Waals surface area contributed by atoms with Crippen molar-refractivity contribution in [2.75, 3.05) is 0 Å². The van der Waals surface area contributed by atoms with Crippen molar-refractivity contribution in [3.8, 4) is 0 Å². The van der Waals surface area contributed by atoms with Gasteiger partial charge in [0.05, 0.1) is 11.9 Å². The van der Waals surface area contributed by atoms with Crippen LogP contribution in [0.4, 0.5) is 0 Å². The summed E-state index contributed by atoms with van der Waals surface area (Å²) in [5.74, 6) is 0. The molecule has 1 aliphatic rings. The first-order chi connectivity index (χ1) is 7.43. The third kappa shape index (κ3) is 6.01. The summed E-state index contributed by atoms with van der Waals surface area (Å²) >= 11 is 0. The number of oxime groups is 1. The van der Waals surface area contributed by atoms with Gasteiger partial charge in [-0.05, 0) is 12.1 Å². The third-order valence-corrected chi connectivity index (χ3v) is 3.50. The second-order valence-corrected chi connectivity index (χ2v) is 4.81. The average molecular weight is 220 g/mol. The van der Waals surface area contributed by atoms with Crippen LogP contribution in [0.15, 0.2) is 29.6 Å². The van der Waals surface area contributed by atoms with Gasteiger partial charge < -0.3 is 5.21 Å². The lowest BCUT2D eigenvalue weighted by atomic mass is 10.3. The van der Waals surface area contributed by atoms with E-state index in [-0.39, 0.29) is 0 Å². The second-order valence-electron chi connectivity index (χ2n) is 3.31. The van der Waals surface area contributed by atoms with Gasteiger partial charge in [0.15, 0.2) is 0 Å². The number of aromatic nitrogens is 1. The van der Waals surface area contributed by atoms with Crippen LogP contribution < -0.4 is 0 Å². The van der Waals surface area contributed by atoms with Crippen molar-refractivity contribution in [2.45, 2.75) is 31.4 Å². The van der Waals surface area contributed by atoms with Crippen LogP contribution in [0.5, 0.6) is 0 Å². The van der Waals surface area contributed by atoms with Crippen molar-refractivity contribution in [1.82, 2.24) is 4.98 Å². The fourth-order valence-corrected chi connectivity index (χ4v) is 2.56. The first-order valence-electron chi connectivity index (χ1n) is 5.22. The van der Waals surface area contributed by atoms with E-state index in [2.05, 4.69) is 10.1 Å². The van der Waals surface area contributed by atoms with Crippen LogP contribution in [0.1, 0.15) is 25.0 Å². The Kier molecular flexibility index (Phi) is 6.49. The SMILES string of the molecule is C1CC[Si]CC1.ON=Cc1ccccn1. The molecule has 2 radical (unpaired) electrons. The molecule has 80 valence electrons. The van der Waals surface area contributed by atoms with Gasteiger partial charge in [-0.25, -0.2) is 0 Å². The Bertz CT molecular complexity index is 262. The summed E-state index contributed by atoms with van der Waals surface area (Å²) in [6.45, 7) is 0. The molecule has 1 aromatic heterocycles. The van der Waals surface area contributed by atoms with Gasteiger partial charge in [-0.15, -0.1) is 0 Å². The Balaban J connectivity index is 0.000000162. The molecule has 0 amide bonds. The van der Waals surface area contributed by atoms with Gasteiger partial charge in [-0.1, -0.05) is 42.6 Å². The highest BCUT2D eigenvalue weighted by Gasteiger charge is 1.96. The maximum absolute atomic E-state index is 8.05. The molecule has 0 saturated carbocycles. The number of pyridine rings is 1. The fourth-order valence-electron chi connectivity index (χ4n) is 1.31. The summed E-state index contributed by atoms with van der Waals surface area (Å²) in [6, 6.07) is 8.43. The molecule has 0 aliphatic carbocycles. The van der Waals surface area contributed by atoms with Crippen molar-refractivity contribution in [2.24, 2.45) is 5.16 Å². The van der Waals surface area contributed by atoms with Crippen molar-refractivity contribution >= 4 is 15.7 Å². The predicted molar refractivity (Wildman–Crippen MR) is 62.8 cm³/mol. The highest BCUT2D eigenvalue weighted by atomic mass is 28.2. The van der Waals surface area contributed by atoms with Crippen LogP contribution in [0.2, 0.25) is 12.1 Å². The van der Waals surface area contributed by atoms with Gasteiger partial charge in [0.2, 0.25) is 0 Å². The third-order valence-electron chi connectivity index (χ3n) is 2.08. The molecule has 0 bridgehead atoms. The molecule has 4 heteroatoms. The minimum absolute atomic E-state index is 0.653. The number of hydrogen-bond acceptors (Lipinski definition) is 3. The van der Waals surface area contributed by atoms with Gasteiger partial charge in [0.25, 0.3) is 0 Å². The van der Waals surface area contributed by atoms with E-state index in [1.165, 1.54) is 47.1 Å². The first kappa shape index (κ1) is 11.9. The largest absolute Gasteiger partial charge is 0.411 e. The van der Waals surface area contributed by atoms with Crippen molar-refractivity contribution in [3.05, 3.63) is 30.1 Å². The molecule has 0 spiro atoms. The van der Waals surface area contributed by atoms with E-state index < -0.39 is 0 Å². The lowest BCUT2D eigenvalue weighted by Crippen LogP contribution is -1.94. The summed E-state index contributed by atoms with van der Waals surface area (Å²) in [4.78, 5) is 3.86. The summed E-state index contributed by atoms with van der Waals surface area (Å²) in [6.07, 6.45) is 7.45. The monoisotopic (exact) mass is 220 g/mol. The average Bonchev–Trinajstić information content (AvgIpc) is 2.34. The Hall–Kier alpha value is -1.16. The highest BCUT2D eigenvalue weighted by Crippen LogP contribution is 2.10. The van der Waals surface area contributed by atoms with E-state index in [1.807, 2.05) is 6.07 Å². The topological polar surface area (TPSA) is 45.5 Å². The molecule has 3 nitrogen and oxygen atoms in total. The number of hydrogen-bond donors (Lipinski definition) is 1. The minimum atomic E-state index is 0.653. The maximum Gasteiger partial charge on any atom is 0.0918 e. The van der Waals surface area contributed by atoms with E-state index in [1.54, 1.807) is 18.3 Å². The van der Waals surface area contributed by atoms with E-state index in [0.717, 1.165) is 0 Å². The van der Waals surface area contributed by atoms with Gasteiger partial charge >= 0.3 is 0 Å². The molecule has 0 aromatic carbocycles. The van der Waals surface area contributed by atoms with Gasteiger partial charge in [-0.3, -0.25) is 4.98 Å². The zero-order valence-corrected chi connectivity index (χ0v) is 9.76. The minimum Gasteiger partial charge on any atom is -0.411 e. The van der Waals surface area contributed by atoms with Gasteiger partial charge in [0, 0.05) is 15.7 Å². The second kappa shape index (κ2) is 8.17. The fraction of sp³-hybridized carbons (Fsp3) is 0.455. The smallest absolute Gasteiger partial charge is 0.0918 e. The van der Waals surface area contributed by atoms with E-state index in [9.17, 15) is 0 Å². The molecular formula is C11H16N2OSi. The van der Waals surface area contributed by atoms with Crippen LogP contribution in [-0.2, 0) is 0 Å². The van der Waals surface area contributed by atoms with Crippen LogP contribution in [-0.4, -0.2) is 25.9 Å². The zero-order chi connectivity index (χ0) is 10.8. The van der Waals surface area contributed by atoms with Crippen LogP contribution >= 0.6 is 0 Å². The molecule has 0 unspecified atom stereocenters. The molecular weight excluding hydrogens is 204 g/mol. The summed E-state index contributed by atoms with van der Waals surface area (Å²) in [7, 11) is 1.30. The summed E-state index contributed by atoms with van der Waals surface area (Å²) in [5, 5.41) is 10.9. The molecule has 1 N–H and O–H groups in total. The maximum atomic E-state index is 8.05. The summed E-state index contributed by atoms with van der Waals surface area (Å²) < 4.78 is 0. The number of rotatable bonds is 1. The Morgan fingerprint density at radius 1 is 1.27 bits per heavy atom. The summed E-state index contributed by atoms with van der Waals surface area (Å²) in [5.41, 5.74) is 0.653. The van der Waals surface area contributed by atoms with Crippen molar-refractivity contribution in [1.29, 1.82) is 0 Å². The molecule has 1 fully saturated rings. The molecule has 2 heterocycles. The normalized spacial score (nSPS) is 15.7. The molecule has 0 atom stereocenters. The zero-order valence-electron chi connectivity index (χ0n) is 8.76. The number of nitrogens with zero attached hydrogens (tertiary/aromatic N) is 2. The molecule has 2 rings (SSSR count). The van der Waals surface area contributed by atoms with E-state index >= 15 is 0 Å². The van der Waals surface area contributed by atoms with E-state index in [4.69, 9.17) is 5.21 Å². The predicted octanol–water partition coefficient (Wildman–Crippen LogP) is 2.60. The molecule has 15 heavy (non-hydrogen) atoms. The highest BCUT2D eigenvalue weighted by molar-refractivity contribution is 6.35. The first-order valence-corrected chi connectivity index (χ1v) is 6.64. The van der Waals surface area contributed by atoms with Crippen LogP contribution in [0.3, 0.4) is 0 Å². The molecule has 1 saturated heterocycles.